The molecule has 0 radical (unpaired) electrons. The minimum absolute atomic E-state index is 0.197. The van der Waals surface area contributed by atoms with Crippen LogP contribution in [0.2, 0.25) is 0 Å². The number of guanidine groups is 1. The summed E-state index contributed by atoms with van der Waals surface area (Å²) in [6.45, 7) is 7.70. The van der Waals surface area contributed by atoms with E-state index in [1.165, 1.54) is 9.75 Å². The van der Waals surface area contributed by atoms with E-state index in [9.17, 15) is 0 Å². The molecule has 18 heavy (non-hydrogen) atoms. The van der Waals surface area contributed by atoms with Crippen molar-refractivity contribution in [3.63, 3.8) is 0 Å². The molecule has 1 rings (SSSR count). The molecule has 0 aromatic carbocycles. The van der Waals surface area contributed by atoms with E-state index in [-0.39, 0.29) is 5.60 Å². The van der Waals surface area contributed by atoms with Crippen molar-refractivity contribution in [3.05, 3.63) is 21.9 Å². The average Bonchev–Trinajstić information content (AvgIpc) is 2.75. The maximum Gasteiger partial charge on any atom is 0.191 e. The standard InChI is InChI=1S/C13H23N3OS/c1-10-6-7-11(18-10)8-15-12(14-4)16-9-13(2,3)17-5/h6-7H,8-9H2,1-5H3,(H2,14,15,16). The van der Waals surface area contributed by atoms with Gasteiger partial charge in [-0.25, -0.2) is 0 Å². The molecule has 102 valence electrons. The number of hydrogen-bond acceptors (Lipinski definition) is 3. The van der Waals surface area contributed by atoms with Gasteiger partial charge < -0.3 is 15.4 Å². The first-order valence-electron chi connectivity index (χ1n) is 6.02. The van der Waals surface area contributed by atoms with Crippen molar-refractivity contribution in [1.29, 1.82) is 0 Å². The highest BCUT2D eigenvalue weighted by Crippen LogP contribution is 2.14. The SMILES string of the molecule is CN=C(NCc1ccc(C)s1)NCC(C)(C)OC. The van der Waals surface area contributed by atoms with E-state index in [1.54, 1.807) is 25.5 Å². The number of thiophene rings is 1. The predicted octanol–water partition coefficient (Wildman–Crippen LogP) is 2.15. The topological polar surface area (TPSA) is 45.7 Å². The summed E-state index contributed by atoms with van der Waals surface area (Å²) >= 11 is 1.80. The lowest BCUT2D eigenvalue weighted by Crippen LogP contribution is -2.44. The molecule has 0 unspecified atom stereocenters. The summed E-state index contributed by atoms with van der Waals surface area (Å²) in [5.41, 5.74) is -0.197. The fourth-order valence-electron chi connectivity index (χ4n) is 1.34. The molecule has 1 heterocycles. The van der Waals surface area contributed by atoms with Gasteiger partial charge in [-0.2, -0.15) is 0 Å². The van der Waals surface area contributed by atoms with E-state index in [2.05, 4.69) is 34.7 Å². The average molecular weight is 269 g/mol. The zero-order chi connectivity index (χ0) is 13.6. The van der Waals surface area contributed by atoms with Gasteiger partial charge in [-0.1, -0.05) is 0 Å². The van der Waals surface area contributed by atoms with Crippen molar-refractivity contribution in [2.45, 2.75) is 32.9 Å². The monoisotopic (exact) mass is 269 g/mol. The second-order valence-corrected chi connectivity index (χ2v) is 6.13. The summed E-state index contributed by atoms with van der Waals surface area (Å²) in [5, 5.41) is 6.55. The summed E-state index contributed by atoms with van der Waals surface area (Å²) in [6.07, 6.45) is 0. The van der Waals surface area contributed by atoms with Gasteiger partial charge in [-0.3, -0.25) is 4.99 Å². The molecule has 2 N–H and O–H groups in total. The molecule has 0 atom stereocenters. The van der Waals surface area contributed by atoms with Crippen LogP contribution in [0.5, 0.6) is 0 Å². The minimum atomic E-state index is -0.197. The highest BCUT2D eigenvalue weighted by Gasteiger charge is 2.16. The Kier molecular flexibility index (Phi) is 5.62. The third-order valence-corrected chi connectivity index (χ3v) is 3.68. The Morgan fingerprint density at radius 3 is 2.61 bits per heavy atom. The molecule has 1 aromatic heterocycles. The van der Waals surface area contributed by atoms with Crippen LogP contribution in [0.3, 0.4) is 0 Å². The third kappa shape index (κ3) is 5.06. The number of ether oxygens (including phenoxy) is 1. The largest absolute Gasteiger partial charge is 0.377 e. The Hall–Kier alpha value is -1.07. The Bertz CT molecular complexity index is 399. The number of nitrogens with zero attached hydrogens (tertiary/aromatic N) is 1. The van der Waals surface area contributed by atoms with Crippen LogP contribution in [0.1, 0.15) is 23.6 Å². The van der Waals surface area contributed by atoms with Gasteiger partial charge in [-0.05, 0) is 32.9 Å². The fraction of sp³-hybridized carbons (Fsp3) is 0.615. The molecule has 5 heteroatoms. The second-order valence-electron chi connectivity index (χ2n) is 4.76. The number of aryl methyl sites for hydroxylation is 1. The molecule has 1 aromatic rings. The molecule has 0 saturated heterocycles. The molecular formula is C13H23N3OS. The Morgan fingerprint density at radius 1 is 1.39 bits per heavy atom. The molecule has 0 aliphatic heterocycles. The van der Waals surface area contributed by atoms with Crippen LogP contribution in [0.25, 0.3) is 0 Å². The van der Waals surface area contributed by atoms with Crippen LogP contribution in [0.4, 0.5) is 0 Å². The molecule has 0 aliphatic rings. The molecule has 0 amide bonds. The smallest absolute Gasteiger partial charge is 0.191 e. The van der Waals surface area contributed by atoms with Gasteiger partial charge in [0.2, 0.25) is 0 Å². The van der Waals surface area contributed by atoms with Crippen LogP contribution >= 0.6 is 11.3 Å². The maximum absolute atomic E-state index is 5.36. The van der Waals surface area contributed by atoms with E-state index < -0.39 is 0 Å². The van der Waals surface area contributed by atoms with Gasteiger partial charge >= 0.3 is 0 Å². The van der Waals surface area contributed by atoms with Crippen molar-refractivity contribution in [2.75, 3.05) is 20.7 Å². The number of methoxy groups -OCH3 is 1. The van der Waals surface area contributed by atoms with Gasteiger partial charge in [0.25, 0.3) is 0 Å². The molecule has 0 fully saturated rings. The normalized spacial score (nSPS) is 12.6. The number of hydrogen-bond donors (Lipinski definition) is 2. The Morgan fingerprint density at radius 2 is 2.11 bits per heavy atom. The maximum atomic E-state index is 5.36. The first kappa shape index (κ1) is 15.0. The zero-order valence-corrected chi connectivity index (χ0v) is 12.6. The van der Waals surface area contributed by atoms with Crippen LogP contribution < -0.4 is 10.6 Å². The first-order valence-corrected chi connectivity index (χ1v) is 6.83. The van der Waals surface area contributed by atoms with Crippen molar-refractivity contribution in [1.82, 2.24) is 10.6 Å². The van der Waals surface area contributed by atoms with E-state index in [1.807, 2.05) is 13.8 Å². The lowest BCUT2D eigenvalue weighted by Gasteiger charge is -2.24. The number of nitrogens with one attached hydrogen (secondary N) is 2. The van der Waals surface area contributed by atoms with Gasteiger partial charge in [0.05, 0.1) is 12.1 Å². The van der Waals surface area contributed by atoms with E-state index in [4.69, 9.17) is 4.74 Å². The van der Waals surface area contributed by atoms with Crippen molar-refractivity contribution < 1.29 is 4.74 Å². The minimum Gasteiger partial charge on any atom is -0.377 e. The highest BCUT2D eigenvalue weighted by molar-refractivity contribution is 7.11. The van der Waals surface area contributed by atoms with Crippen molar-refractivity contribution in [3.8, 4) is 0 Å². The highest BCUT2D eigenvalue weighted by atomic mass is 32.1. The molecule has 0 saturated carbocycles. The predicted molar refractivity (Wildman–Crippen MR) is 78.3 cm³/mol. The van der Waals surface area contributed by atoms with E-state index in [0.29, 0.717) is 6.54 Å². The quantitative estimate of drug-likeness (QED) is 0.636. The molecule has 0 aliphatic carbocycles. The molecule has 0 bridgehead atoms. The summed E-state index contributed by atoms with van der Waals surface area (Å²) < 4.78 is 5.36. The third-order valence-electron chi connectivity index (χ3n) is 2.68. The number of aliphatic imine (C=N–C) groups is 1. The van der Waals surface area contributed by atoms with Crippen molar-refractivity contribution in [2.24, 2.45) is 4.99 Å². The first-order chi connectivity index (χ1) is 8.46. The second kappa shape index (κ2) is 6.75. The van der Waals surface area contributed by atoms with Gasteiger partial charge in [-0.15, -0.1) is 11.3 Å². The van der Waals surface area contributed by atoms with Crippen LogP contribution in [-0.4, -0.2) is 32.3 Å². The fourth-order valence-corrected chi connectivity index (χ4v) is 2.17. The summed E-state index contributed by atoms with van der Waals surface area (Å²) in [5.74, 6) is 0.797. The lowest BCUT2D eigenvalue weighted by molar-refractivity contribution is 0.0268. The summed E-state index contributed by atoms with van der Waals surface area (Å²) in [7, 11) is 3.49. The van der Waals surface area contributed by atoms with E-state index >= 15 is 0 Å². The van der Waals surface area contributed by atoms with Crippen LogP contribution in [0.15, 0.2) is 17.1 Å². The molecular weight excluding hydrogens is 246 g/mol. The Labute approximate surface area is 113 Å². The van der Waals surface area contributed by atoms with Crippen molar-refractivity contribution >= 4 is 17.3 Å². The van der Waals surface area contributed by atoms with Gasteiger partial charge in [0.1, 0.15) is 0 Å². The summed E-state index contributed by atoms with van der Waals surface area (Å²) in [6, 6.07) is 4.27. The lowest BCUT2D eigenvalue weighted by atomic mass is 10.1. The molecule has 0 spiro atoms. The van der Waals surface area contributed by atoms with Gasteiger partial charge in [0.15, 0.2) is 5.96 Å². The zero-order valence-electron chi connectivity index (χ0n) is 11.8. The number of rotatable bonds is 5. The van der Waals surface area contributed by atoms with Crippen LogP contribution in [-0.2, 0) is 11.3 Å². The van der Waals surface area contributed by atoms with Gasteiger partial charge in [0, 0.05) is 30.5 Å². The Balaban J connectivity index is 2.39. The molecule has 4 nitrogen and oxygen atoms in total. The van der Waals surface area contributed by atoms with Crippen LogP contribution in [0, 0.1) is 6.92 Å². The van der Waals surface area contributed by atoms with E-state index in [0.717, 1.165) is 12.5 Å². The summed E-state index contributed by atoms with van der Waals surface area (Å²) in [4.78, 5) is 6.83.